The van der Waals surface area contributed by atoms with Crippen LogP contribution in [0.3, 0.4) is 0 Å². The summed E-state index contributed by atoms with van der Waals surface area (Å²) in [6.45, 7) is 0.0460. The fourth-order valence-corrected chi connectivity index (χ4v) is 5.27. The minimum atomic E-state index is -3.63. The molecule has 218 valence electrons. The van der Waals surface area contributed by atoms with E-state index in [0.717, 1.165) is 6.26 Å². The molecule has 0 saturated heterocycles. The third-order valence-electron chi connectivity index (χ3n) is 6.07. The van der Waals surface area contributed by atoms with E-state index in [-0.39, 0.29) is 19.0 Å². The van der Waals surface area contributed by atoms with Crippen molar-refractivity contribution in [2.75, 3.05) is 17.3 Å². The summed E-state index contributed by atoms with van der Waals surface area (Å²) in [5, 5.41) is 26.5. The van der Waals surface area contributed by atoms with E-state index in [2.05, 4.69) is 20.6 Å². The maximum atomic E-state index is 13.4. The predicted octanol–water partition coefficient (Wildman–Crippen LogP) is 4.78. The van der Waals surface area contributed by atoms with Crippen molar-refractivity contribution in [3.63, 3.8) is 0 Å². The van der Waals surface area contributed by atoms with Gasteiger partial charge in [-0.15, -0.1) is 0 Å². The van der Waals surface area contributed by atoms with E-state index >= 15 is 0 Å². The molecule has 0 unspecified atom stereocenters. The largest absolute Gasteiger partial charge is 0.487 e. The van der Waals surface area contributed by atoms with Crippen LogP contribution in [0.5, 0.6) is 5.75 Å². The Bertz CT molecular complexity index is 1850. The number of rotatable bonds is 11. The number of hydrogen-bond donors (Lipinski definition) is 4. The van der Waals surface area contributed by atoms with Crippen LogP contribution in [-0.4, -0.2) is 46.5 Å². The lowest BCUT2D eigenvalue weighted by Gasteiger charge is -2.21. The number of ether oxygens (including phenoxy) is 1. The Labute approximate surface area is 245 Å². The number of hydrogen-bond acceptors (Lipinski definition) is 10. The van der Waals surface area contributed by atoms with Crippen LogP contribution in [0.4, 0.5) is 15.9 Å². The van der Waals surface area contributed by atoms with Gasteiger partial charge in [0.1, 0.15) is 47.6 Å². The summed E-state index contributed by atoms with van der Waals surface area (Å²) >= 11 is 6.45. The lowest BCUT2D eigenvalue weighted by Crippen LogP contribution is -2.49. The zero-order valence-corrected chi connectivity index (χ0v) is 23.8. The summed E-state index contributed by atoms with van der Waals surface area (Å²) in [7, 11) is -3.63. The van der Waals surface area contributed by atoms with Gasteiger partial charge < -0.3 is 24.7 Å². The van der Waals surface area contributed by atoms with Gasteiger partial charge in [-0.2, -0.15) is 0 Å². The molecule has 5 aromatic rings. The van der Waals surface area contributed by atoms with Crippen molar-refractivity contribution >= 4 is 43.8 Å². The number of sulfone groups is 1. The summed E-state index contributed by atoms with van der Waals surface area (Å²) < 4.78 is 47.8. The van der Waals surface area contributed by atoms with Crippen LogP contribution < -0.4 is 15.4 Å². The Hall–Kier alpha value is -4.07. The van der Waals surface area contributed by atoms with Crippen molar-refractivity contribution in [2.24, 2.45) is 0 Å². The Kier molecular flexibility index (Phi) is 8.43. The number of nitrogens with one attached hydrogen (secondary N) is 2. The molecular weight excluding hydrogens is 587 g/mol. The molecule has 0 aliphatic rings. The fraction of sp³-hybridized carbons (Fsp3) is 0.172. The quantitative estimate of drug-likeness (QED) is 0.154. The molecule has 0 radical (unpaired) electrons. The number of anilines is 2. The average molecular weight is 613 g/mol. The van der Waals surface area contributed by atoms with Gasteiger partial charge in [0.2, 0.25) is 5.91 Å². The van der Waals surface area contributed by atoms with Crippen molar-refractivity contribution in [1.82, 2.24) is 15.3 Å². The van der Waals surface area contributed by atoms with Crippen molar-refractivity contribution in [1.29, 1.82) is 0 Å². The van der Waals surface area contributed by atoms with Gasteiger partial charge in [-0.05, 0) is 66.2 Å². The third kappa shape index (κ3) is 7.60. The summed E-state index contributed by atoms with van der Waals surface area (Å²) in [6, 6.07) is 20.2. The van der Waals surface area contributed by atoms with E-state index in [1.54, 1.807) is 42.5 Å². The molecule has 2 aromatic heterocycles. The van der Waals surface area contributed by atoms with Crippen LogP contribution >= 0.6 is 11.6 Å². The number of fused-ring (bicyclic) bond motifs is 1. The van der Waals surface area contributed by atoms with Gasteiger partial charge in [0.25, 0.3) is 0 Å². The number of benzene rings is 3. The summed E-state index contributed by atoms with van der Waals surface area (Å²) in [6.07, 6.45) is 2.34. The molecule has 4 N–H and O–H groups in total. The Balaban J connectivity index is 1.30. The summed E-state index contributed by atoms with van der Waals surface area (Å²) in [4.78, 5) is 8.72. The topological polar surface area (TPSA) is 147 Å². The molecule has 5 rings (SSSR count). The van der Waals surface area contributed by atoms with Crippen LogP contribution in [0.25, 0.3) is 22.2 Å². The smallest absolute Gasteiger partial charge is 0.237 e. The molecule has 0 atom stereocenters. The molecule has 0 fully saturated rings. The molecule has 0 aliphatic heterocycles. The normalized spacial score (nSPS) is 12.0. The number of furan rings is 1. The van der Waals surface area contributed by atoms with Crippen LogP contribution in [-0.2, 0) is 23.0 Å². The molecule has 2 heterocycles. The van der Waals surface area contributed by atoms with Crippen molar-refractivity contribution in [3.05, 3.63) is 101 Å². The van der Waals surface area contributed by atoms with Crippen molar-refractivity contribution in [2.45, 2.75) is 19.1 Å². The first-order chi connectivity index (χ1) is 19.9. The maximum Gasteiger partial charge on any atom is 0.237 e. The van der Waals surface area contributed by atoms with Gasteiger partial charge in [-0.1, -0.05) is 23.7 Å². The molecule has 0 saturated carbocycles. The molecule has 42 heavy (non-hydrogen) atoms. The second-order valence-corrected chi connectivity index (χ2v) is 12.2. The standard InChI is InChI=1S/C29H26ClFN4O6S/c1-42(38,39)16-29(36,37)34-14-22-7-10-26(41-22)19-5-8-25-23(12-19)28(33-17-32-25)35-21-6-9-27(24(30)13-21)40-15-18-3-2-4-20(31)11-18/h2-13,17,34,36-37H,14-16H2,1H3,(H,32,33,35). The molecular formula is C29H26ClFN4O6S. The van der Waals surface area contributed by atoms with E-state index in [9.17, 15) is 23.0 Å². The highest BCUT2D eigenvalue weighted by molar-refractivity contribution is 7.90. The van der Waals surface area contributed by atoms with Gasteiger partial charge in [-0.25, -0.2) is 22.8 Å². The first-order valence-electron chi connectivity index (χ1n) is 12.6. The highest BCUT2D eigenvalue weighted by Crippen LogP contribution is 2.33. The second kappa shape index (κ2) is 12.0. The number of halogens is 2. The minimum Gasteiger partial charge on any atom is -0.487 e. The molecule has 0 amide bonds. The fourth-order valence-electron chi connectivity index (χ4n) is 4.20. The molecule has 3 aromatic carbocycles. The van der Waals surface area contributed by atoms with Gasteiger partial charge >= 0.3 is 0 Å². The zero-order chi connectivity index (χ0) is 29.9. The number of nitrogens with zero attached hydrogens (tertiary/aromatic N) is 2. The van der Waals surface area contributed by atoms with E-state index < -0.39 is 21.5 Å². The molecule has 0 spiro atoms. The second-order valence-electron chi connectivity index (χ2n) is 9.65. The maximum absolute atomic E-state index is 13.4. The Morgan fingerprint density at radius 3 is 2.64 bits per heavy atom. The van der Waals surface area contributed by atoms with Crippen LogP contribution in [0.15, 0.2) is 83.5 Å². The SMILES string of the molecule is CS(=O)(=O)CC(O)(O)NCc1ccc(-c2ccc3ncnc(Nc4ccc(OCc5cccc(F)c5)c(Cl)c4)c3c2)o1. The first-order valence-corrected chi connectivity index (χ1v) is 15.0. The highest BCUT2D eigenvalue weighted by Gasteiger charge is 2.28. The molecule has 13 heteroatoms. The number of aromatic nitrogens is 2. The van der Waals surface area contributed by atoms with Gasteiger partial charge in [0.15, 0.2) is 9.84 Å². The van der Waals surface area contributed by atoms with Gasteiger partial charge in [-0.3, -0.25) is 5.32 Å². The predicted molar refractivity (Wildman–Crippen MR) is 156 cm³/mol. The lowest BCUT2D eigenvalue weighted by atomic mass is 10.1. The van der Waals surface area contributed by atoms with Crippen molar-refractivity contribution < 1.29 is 32.2 Å². The van der Waals surface area contributed by atoms with Crippen LogP contribution in [0.1, 0.15) is 11.3 Å². The molecule has 10 nitrogen and oxygen atoms in total. The zero-order valence-electron chi connectivity index (χ0n) is 22.2. The van der Waals surface area contributed by atoms with Crippen LogP contribution in [0, 0.1) is 5.82 Å². The summed E-state index contributed by atoms with van der Waals surface area (Å²) in [5.74, 6) is -1.99. The third-order valence-corrected chi connectivity index (χ3v) is 7.29. The first kappa shape index (κ1) is 29.4. The van der Waals surface area contributed by atoms with Crippen molar-refractivity contribution in [3.8, 4) is 17.1 Å². The summed E-state index contributed by atoms with van der Waals surface area (Å²) in [5.41, 5.74) is 2.72. The van der Waals surface area contributed by atoms with Crippen LogP contribution in [0.2, 0.25) is 5.02 Å². The van der Waals surface area contributed by atoms with Gasteiger partial charge in [0.05, 0.1) is 17.1 Å². The lowest BCUT2D eigenvalue weighted by molar-refractivity contribution is -0.168. The van der Waals surface area contributed by atoms with Gasteiger partial charge in [0, 0.05) is 22.9 Å². The Morgan fingerprint density at radius 2 is 1.88 bits per heavy atom. The van der Waals surface area contributed by atoms with E-state index in [1.807, 2.05) is 18.2 Å². The highest BCUT2D eigenvalue weighted by atomic mass is 35.5. The van der Waals surface area contributed by atoms with E-state index in [1.165, 1.54) is 18.5 Å². The van der Waals surface area contributed by atoms with E-state index in [4.69, 9.17) is 20.8 Å². The minimum absolute atomic E-state index is 0.116. The molecule has 0 bridgehead atoms. The molecule has 0 aliphatic carbocycles. The monoisotopic (exact) mass is 612 g/mol. The average Bonchev–Trinajstić information content (AvgIpc) is 3.40. The number of aliphatic hydroxyl groups is 2. The van der Waals surface area contributed by atoms with E-state index in [0.29, 0.717) is 55.8 Å². The Morgan fingerprint density at radius 1 is 1.05 bits per heavy atom.